The predicted molar refractivity (Wildman–Crippen MR) is 104 cm³/mol. The molecule has 1 N–H and O–H groups in total. The zero-order chi connectivity index (χ0) is 19.6. The van der Waals surface area contributed by atoms with Crippen molar-refractivity contribution in [1.82, 2.24) is 0 Å². The molecule has 140 valence electrons. The van der Waals surface area contributed by atoms with Crippen LogP contribution in [-0.4, -0.2) is 11.1 Å². The Kier molecular flexibility index (Phi) is 5.73. The van der Waals surface area contributed by atoms with Crippen LogP contribution < -0.4 is 10.4 Å². The highest BCUT2D eigenvalue weighted by atomic mass is 35.5. The van der Waals surface area contributed by atoms with E-state index in [2.05, 4.69) is 0 Å². The normalized spacial score (nSPS) is 10.9. The van der Waals surface area contributed by atoms with E-state index >= 15 is 0 Å². The predicted octanol–water partition coefficient (Wildman–Crippen LogP) is 5.00. The highest BCUT2D eigenvalue weighted by molar-refractivity contribution is 6.35. The van der Waals surface area contributed by atoms with Gasteiger partial charge in [-0.05, 0) is 43.2 Å². The van der Waals surface area contributed by atoms with Crippen LogP contribution in [0.25, 0.3) is 11.0 Å². The lowest BCUT2D eigenvalue weighted by molar-refractivity contribution is -0.136. The molecular formula is C20H16Cl2O5. The van der Waals surface area contributed by atoms with E-state index < -0.39 is 11.6 Å². The van der Waals surface area contributed by atoms with Crippen molar-refractivity contribution in [3.63, 3.8) is 0 Å². The first-order valence-electron chi connectivity index (χ1n) is 8.20. The summed E-state index contributed by atoms with van der Waals surface area (Å²) in [5.41, 5.74) is 1.74. The summed E-state index contributed by atoms with van der Waals surface area (Å²) in [5.74, 6) is -0.437. The first kappa shape index (κ1) is 19.3. The molecule has 5 nitrogen and oxygen atoms in total. The summed E-state index contributed by atoms with van der Waals surface area (Å²) in [6.45, 7) is 2.02. The van der Waals surface area contributed by atoms with E-state index in [1.54, 1.807) is 43.3 Å². The van der Waals surface area contributed by atoms with Crippen LogP contribution in [0.2, 0.25) is 10.0 Å². The fraction of sp³-hybridized carbons (Fsp3) is 0.200. The van der Waals surface area contributed by atoms with Crippen molar-refractivity contribution in [2.45, 2.75) is 26.4 Å². The summed E-state index contributed by atoms with van der Waals surface area (Å²) < 4.78 is 11.1. The van der Waals surface area contributed by atoms with E-state index in [1.807, 2.05) is 0 Å². The molecule has 0 fully saturated rings. The van der Waals surface area contributed by atoms with Gasteiger partial charge in [-0.25, -0.2) is 4.79 Å². The summed E-state index contributed by atoms with van der Waals surface area (Å²) in [4.78, 5) is 23.0. The number of fused-ring (bicyclic) bond motifs is 1. The smallest absolute Gasteiger partial charge is 0.339 e. The third kappa shape index (κ3) is 4.43. The molecule has 0 aliphatic rings. The van der Waals surface area contributed by atoms with Gasteiger partial charge in [0.05, 0.1) is 0 Å². The number of aliphatic carboxylic acids is 1. The maximum atomic E-state index is 12.2. The Morgan fingerprint density at radius 1 is 1.19 bits per heavy atom. The molecule has 1 aromatic heterocycles. The minimum atomic E-state index is -0.960. The number of rotatable bonds is 6. The van der Waals surface area contributed by atoms with Gasteiger partial charge in [-0.2, -0.15) is 0 Å². The van der Waals surface area contributed by atoms with Gasteiger partial charge in [0.1, 0.15) is 17.9 Å². The Hall–Kier alpha value is -2.50. The van der Waals surface area contributed by atoms with Gasteiger partial charge in [-0.15, -0.1) is 0 Å². The molecule has 2 aromatic carbocycles. The number of hydrogen-bond donors (Lipinski definition) is 1. The van der Waals surface area contributed by atoms with Crippen LogP contribution in [0.5, 0.6) is 5.75 Å². The van der Waals surface area contributed by atoms with Gasteiger partial charge in [-0.1, -0.05) is 29.3 Å². The van der Waals surface area contributed by atoms with Gasteiger partial charge >= 0.3 is 11.6 Å². The average molecular weight is 407 g/mol. The van der Waals surface area contributed by atoms with Crippen molar-refractivity contribution < 1.29 is 19.1 Å². The number of aryl methyl sites for hydroxylation is 1. The number of benzene rings is 2. The van der Waals surface area contributed by atoms with E-state index in [4.69, 9.17) is 37.5 Å². The van der Waals surface area contributed by atoms with Crippen LogP contribution in [0.15, 0.2) is 45.6 Å². The van der Waals surface area contributed by atoms with Crippen molar-refractivity contribution in [2.75, 3.05) is 0 Å². The van der Waals surface area contributed by atoms with Crippen LogP contribution >= 0.6 is 23.2 Å². The van der Waals surface area contributed by atoms with Crippen molar-refractivity contribution in [3.8, 4) is 5.75 Å². The number of halogens is 2. The van der Waals surface area contributed by atoms with Crippen LogP contribution in [-0.2, 0) is 17.8 Å². The van der Waals surface area contributed by atoms with Crippen molar-refractivity contribution >= 4 is 40.1 Å². The average Bonchev–Trinajstić information content (AvgIpc) is 2.60. The molecule has 0 bridgehead atoms. The van der Waals surface area contributed by atoms with Gasteiger partial charge in [0.25, 0.3) is 0 Å². The minimum absolute atomic E-state index is 0.125. The molecule has 0 radical (unpaired) electrons. The van der Waals surface area contributed by atoms with Crippen LogP contribution in [0.1, 0.15) is 23.1 Å². The van der Waals surface area contributed by atoms with Gasteiger partial charge in [-0.3, -0.25) is 4.79 Å². The molecule has 0 saturated heterocycles. The third-order valence-corrected chi connectivity index (χ3v) is 4.84. The minimum Gasteiger partial charge on any atom is -0.489 e. The second kappa shape index (κ2) is 8.03. The monoisotopic (exact) mass is 406 g/mol. The summed E-state index contributed by atoms with van der Waals surface area (Å²) in [6, 6.07) is 10.3. The van der Waals surface area contributed by atoms with Gasteiger partial charge in [0, 0.05) is 39.0 Å². The molecule has 27 heavy (non-hydrogen) atoms. The lowest BCUT2D eigenvalue weighted by Crippen LogP contribution is -2.12. The summed E-state index contributed by atoms with van der Waals surface area (Å²) in [7, 11) is 0. The third-order valence-electron chi connectivity index (χ3n) is 4.26. The second-order valence-electron chi connectivity index (χ2n) is 6.07. The zero-order valence-electron chi connectivity index (χ0n) is 14.4. The highest BCUT2D eigenvalue weighted by Gasteiger charge is 2.13. The number of hydrogen-bond acceptors (Lipinski definition) is 4. The maximum absolute atomic E-state index is 12.2. The fourth-order valence-electron chi connectivity index (χ4n) is 2.79. The molecule has 0 atom stereocenters. The second-order valence-corrected chi connectivity index (χ2v) is 6.91. The Bertz CT molecular complexity index is 1070. The summed E-state index contributed by atoms with van der Waals surface area (Å²) >= 11 is 12.0. The van der Waals surface area contributed by atoms with Crippen molar-refractivity contribution in [1.29, 1.82) is 0 Å². The summed E-state index contributed by atoms with van der Waals surface area (Å²) in [5, 5.41) is 10.6. The van der Waals surface area contributed by atoms with E-state index in [9.17, 15) is 9.59 Å². The molecule has 0 aliphatic carbocycles. The van der Waals surface area contributed by atoms with Gasteiger partial charge < -0.3 is 14.3 Å². The molecule has 0 aliphatic heterocycles. The van der Waals surface area contributed by atoms with Gasteiger partial charge in [0.2, 0.25) is 0 Å². The number of ether oxygens (including phenoxy) is 1. The SMILES string of the molecule is Cc1c(CCC(=O)O)c(=O)oc2cc(OCc3ccc(Cl)cc3Cl)ccc12. The maximum Gasteiger partial charge on any atom is 0.339 e. The Labute approximate surface area is 165 Å². The van der Waals surface area contributed by atoms with Crippen LogP contribution in [0.3, 0.4) is 0 Å². The highest BCUT2D eigenvalue weighted by Crippen LogP contribution is 2.27. The lowest BCUT2D eigenvalue weighted by Gasteiger charge is -2.10. The summed E-state index contributed by atoms with van der Waals surface area (Å²) in [6.07, 6.45) is 0.00686. The lowest BCUT2D eigenvalue weighted by atomic mass is 10.0. The first-order chi connectivity index (χ1) is 12.8. The zero-order valence-corrected chi connectivity index (χ0v) is 15.9. The quantitative estimate of drug-likeness (QED) is 0.582. The molecule has 7 heteroatoms. The van der Waals surface area contributed by atoms with E-state index in [1.165, 1.54) is 0 Å². The molecular weight excluding hydrogens is 391 g/mol. The molecule has 3 rings (SSSR count). The van der Waals surface area contributed by atoms with Crippen molar-refractivity contribution in [3.05, 3.63) is 73.6 Å². The van der Waals surface area contributed by atoms with Crippen LogP contribution in [0.4, 0.5) is 0 Å². The molecule has 0 spiro atoms. The van der Waals surface area contributed by atoms with Gasteiger partial charge in [0.15, 0.2) is 0 Å². The fourth-order valence-corrected chi connectivity index (χ4v) is 3.25. The standard InChI is InChI=1S/C20H16Cl2O5/c1-11-15-5-4-14(26-10-12-2-3-13(21)8-17(12)22)9-18(15)27-20(25)16(11)6-7-19(23)24/h2-5,8-9H,6-7,10H2,1H3,(H,23,24). The van der Waals surface area contributed by atoms with Crippen LogP contribution in [0, 0.1) is 6.92 Å². The Morgan fingerprint density at radius 3 is 2.67 bits per heavy atom. The largest absolute Gasteiger partial charge is 0.489 e. The van der Waals surface area contributed by atoms with E-state index in [0.717, 1.165) is 16.5 Å². The Morgan fingerprint density at radius 2 is 1.96 bits per heavy atom. The molecule has 1 heterocycles. The Balaban J connectivity index is 1.86. The number of carbonyl (C=O) groups is 1. The first-order valence-corrected chi connectivity index (χ1v) is 8.95. The number of carboxylic acid groups (broad SMARTS) is 1. The van der Waals surface area contributed by atoms with Crippen molar-refractivity contribution in [2.24, 2.45) is 0 Å². The molecule has 0 unspecified atom stereocenters. The van der Waals surface area contributed by atoms with E-state index in [0.29, 0.717) is 26.9 Å². The van der Waals surface area contributed by atoms with E-state index in [-0.39, 0.29) is 19.4 Å². The molecule has 0 saturated carbocycles. The molecule has 0 amide bonds. The number of carboxylic acids is 1. The molecule has 3 aromatic rings. The topological polar surface area (TPSA) is 76.7 Å².